The van der Waals surface area contributed by atoms with E-state index in [-0.39, 0.29) is 11.4 Å². The van der Waals surface area contributed by atoms with Crippen molar-refractivity contribution in [2.75, 3.05) is 0 Å². The smallest absolute Gasteiger partial charge is 0.312 e. The molecule has 2 aromatic carbocycles. The maximum absolute atomic E-state index is 11.0. The zero-order valence-electron chi connectivity index (χ0n) is 10.6. The molecule has 0 radical (unpaired) electrons. The van der Waals surface area contributed by atoms with Gasteiger partial charge >= 0.3 is 5.69 Å². The Morgan fingerprint density at radius 2 is 1.90 bits per heavy atom. The lowest BCUT2D eigenvalue weighted by Gasteiger charge is -2.08. The summed E-state index contributed by atoms with van der Waals surface area (Å²) in [7, 11) is 0. The van der Waals surface area contributed by atoms with Crippen molar-refractivity contribution in [2.45, 2.75) is 13.0 Å². The van der Waals surface area contributed by atoms with Crippen LogP contribution in [-0.4, -0.2) is 10.0 Å². The van der Waals surface area contributed by atoms with Crippen LogP contribution in [0.3, 0.4) is 0 Å². The van der Waals surface area contributed by atoms with E-state index >= 15 is 0 Å². The van der Waals surface area contributed by atoms with E-state index < -0.39 is 11.0 Å². The molecule has 0 spiro atoms. The minimum atomic E-state index is -0.564. The third-order valence-corrected chi connectivity index (χ3v) is 3.20. The van der Waals surface area contributed by atoms with Gasteiger partial charge in [-0.05, 0) is 36.8 Å². The molecule has 104 valence electrons. The van der Waals surface area contributed by atoms with Crippen LogP contribution >= 0.6 is 15.9 Å². The monoisotopic (exact) mass is 337 g/mol. The normalized spacial score (nSPS) is 11.9. The molecule has 0 fully saturated rings. The van der Waals surface area contributed by atoms with Gasteiger partial charge in [-0.2, -0.15) is 0 Å². The summed E-state index contributed by atoms with van der Waals surface area (Å²) < 4.78 is 6.13. The minimum Gasteiger partial charge on any atom is -0.450 e. The molecule has 0 unspecified atom stereocenters. The highest BCUT2D eigenvalue weighted by molar-refractivity contribution is 9.10. The highest BCUT2D eigenvalue weighted by atomic mass is 79.9. The number of aliphatic hydroxyl groups excluding tert-OH is 1. The summed E-state index contributed by atoms with van der Waals surface area (Å²) in [6.45, 7) is 1.66. The van der Waals surface area contributed by atoms with Gasteiger partial charge in [0.05, 0.1) is 11.0 Å². The summed E-state index contributed by atoms with van der Waals surface area (Å²) in [5.74, 6) is 0.641. The molecular weight excluding hydrogens is 326 g/mol. The third kappa shape index (κ3) is 3.34. The number of hydrogen-bond donors (Lipinski definition) is 1. The first-order chi connectivity index (χ1) is 9.47. The fourth-order valence-electron chi connectivity index (χ4n) is 1.66. The van der Waals surface area contributed by atoms with Gasteiger partial charge in [-0.3, -0.25) is 10.1 Å². The Morgan fingerprint density at radius 3 is 2.45 bits per heavy atom. The maximum atomic E-state index is 11.0. The number of benzene rings is 2. The maximum Gasteiger partial charge on any atom is 0.312 e. The molecule has 0 amide bonds. The highest BCUT2D eigenvalue weighted by Gasteiger charge is 2.16. The summed E-state index contributed by atoms with van der Waals surface area (Å²) >= 11 is 3.19. The Balaban J connectivity index is 2.28. The molecule has 2 aromatic rings. The van der Waals surface area contributed by atoms with Crippen LogP contribution < -0.4 is 4.74 Å². The van der Waals surface area contributed by atoms with Crippen molar-refractivity contribution < 1.29 is 14.8 Å². The van der Waals surface area contributed by atoms with Gasteiger partial charge in [0.1, 0.15) is 5.75 Å². The Morgan fingerprint density at radius 1 is 1.25 bits per heavy atom. The lowest BCUT2D eigenvalue weighted by atomic mass is 10.1. The average molecular weight is 338 g/mol. The molecule has 6 heteroatoms. The van der Waals surface area contributed by atoms with Gasteiger partial charge in [0.2, 0.25) is 5.75 Å². The van der Waals surface area contributed by atoms with Crippen LogP contribution in [0.1, 0.15) is 18.6 Å². The van der Waals surface area contributed by atoms with Crippen molar-refractivity contribution in [2.24, 2.45) is 0 Å². The first-order valence-electron chi connectivity index (χ1n) is 5.87. The van der Waals surface area contributed by atoms with Gasteiger partial charge in [0.25, 0.3) is 0 Å². The van der Waals surface area contributed by atoms with E-state index in [0.717, 1.165) is 5.56 Å². The standard InChI is InChI=1S/C14H12BrNO4/c1-9(17)10-2-5-12(6-3-10)20-14-7-4-11(15)8-13(14)16(18)19/h2-9,17H,1H3/t9-/m0/s1. The second-order valence-corrected chi connectivity index (χ2v) is 5.13. The predicted octanol–water partition coefficient (Wildman–Crippen LogP) is 4.20. The number of nitrogens with zero attached hydrogens (tertiary/aromatic N) is 1. The number of ether oxygens (including phenoxy) is 1. The van der Waals surface area contributed by atoms with Crippen molar-refractivity contribution in [1.29, 1.82) is 0 Å². The minimum absolute atomic E-state index is 0.112. The number of rotatable bonds is 4. The van der Waals surface area contributed by atoms with Crippen LogP contribution in [0, 0.1) is 10.1 Å². The van der Waals surface area contributed by atoms with E-state index in [1.165, 1.54) is 12.1 Å². The van der Waals surface area contributed by atoms with Gasteiger partial charge in [-0.25, -0.2) is 0 Å². The van der Waals surface area contributed by atoms with Crippen LogP contribution in [0.5, 0.6) is 11.5 Å². The summed E-state index contributed by atoms with van der Waals surface area (Å²) in [6.07, 6.45) is -0.564. The highest BCUT2D eigenvalue weighted by Crippen LogP contribution is 2.33. The van der Waals surface area contributed by atoms with Gasteiger partial charge in [-0.15, -0.1) is 0 Å². The van der Waals surface area contributed by atoms with Crippen LogP contribution in [-0.2, 0) is 0 Å². The Bertz CT molecular complexity index is 626. The Hall–Kier alpha value is -1.92. The van der Waals surface area contributed by atoms with Gasteiger partial charge in [0, 0.05) is 10.5 Å². The number of nitro benzene ring substituents is 1. The molecule has 20 heavy (non-hydrogen) atoms. The Labute approximate surface area is 124 Å². The van der Waals surface area contributed by atoms with Crippen LogP contribution in [0.25, 0.3) is 0 Å². The first kappa shape index (κ1) is 14.5. The van der Waals surface area contributed by atoms with Crippen LogP contribution in [0.4, 0.5) is 5.69 Å². The van der Waals surface area contributed by atoms with Crippen molar-refractivity contribution in [3.8, 4) is 11.5 Å². The predicted molar refractivity (Wildman–Crippen MR) is 77.9 cm³/mol. The molecule has 1 atom stereocenters. The first-order valence-corrected chi connectivity index (χ1v) is 6.66. The van der Waals surface area contributed by atoms with E-state index in [9.17, 15) is 15.2 Å². The van der Waals surface area contributed by atoms with Crippen LogP contribution in [0.15, 0.2) is 46.9 Å². The fourth-order valence-corrected chi connectivity index (χ4v) is 2.01. The summed E-state index contributed by atoms with van der Waals surface area (Å²) in [5.41, 5.74) is 0.640. The fraction of sp³-hybridized carbons (Fsp3) is 0.143. The van der Waals surface area contributed by atoms with E-state index in [1.807, 2.05) is 0 Å². The van der Waals surface area contributed by atoms with Crippen LogP contribution in [0.2, 0.25) is 0 Å². The average Bonchev–Trinajstić information content (AvgIpc) is 2.41. The number of hydrogen-bond acceptors (Lipinski definition) is 4. The summed E-state index contributed by atoms with van der Waals surface area (Å²) in [4.78, 5) is 10.5. The zero-order chi connectivity index (χ0) is 14.7. The Kier molecular flexibility index (Phi) is 4.36. The third-order valence-electron chi connectivity index (χ3n) is 2.71. The summed E-state index contributed by atoms with van der Waals surface area (Å²) in [5, 5.41) is 20.4. The molecular formula is C14H12BrNO4. The lowest BCUT2D eigenvalue weighted by Crippen LogP contribution is -1.94. The van der Waals surface area contributed by atoms with Crippen molar-refractivity contribution in [3.63, 3.8) is 0 Å². The molecule has 0 aliphatic carbocycles. The molecule has 0 aromatic heterocycles. The molecule has 0 saturated carbocycles. The molecule has 5 nitrogen and oxygen atoms in total. The topological polar surface area (TPSA) is 72.6 Å². The molecule has 0 heterocycles. The van der Waals surface area contributed by atoms with Crippen molar-refractivity contribution >= 4 is 21.6 Å². The largest absolute Gasteiger partial charge is 0.450 e. The van der Waals surface area contributed by atoms with E-state index in [2.05, 4.69) is 15.9 Å². The molecule has 0 bridgehead atoms. The molecule has 0 aliphatic rings. The van der Waals surface area contributed by atoms with E-state index in [1.54, 1.807) is 37.3 Å². The molecule has 0 saturated heterocycles. The number of nitro groups is 1. The number of aliphatic hydroxyl groups is 1. The molecule has 0 aliphatic heterocycles. The quantitative estimate of drug-likeness (QED) is 0.670. The van der Waals surface area contributed by atoms with Crippen molar-refractivity contribution in [3.05, 3.63) is 62.6 Å². The van der Waals surface area contributed by atoms with Gasteiger partial charge < -0.3 is 9.84 Å². The molecule has 2 rings (SSSR count). The van der Waals surface area contributed by atoms with Gasteiger partial charge in [0.15, 0.2) is 0 Å². The van der Waals surface area contributed by atoms with Gasteiger partial charge in [-0.1, -0.05) is 28.1 Å². The zero-order valence-corrected chi connectivity index (χ0v) is 12.2. The summed E-state index contributed by atoms with van der Waals surface area (Å²) in [6, 6.07) is 11.3. The van der Waals surface area contributed by atoms with E-state index in [4.69, 9.17) is 4.74 Å². The van der Waals surface area contributed by atoms with E-state index in [0.29, 0.717) is 10.2 Å². The second-order valence-electron chi connectivity index (χ2n) is 4.22. The SMILES string of the molecule is C[C@H](O)c1ccc(Oc2ccc(Br)cc2[N+](=O)[O-])cc1. The second kappa shape index (κ2) is 6.02. The number of halogens is 1. The van der Waals surface area contributed by atoms with Crippen molar-refractivity contribution in [1.82, 2.24) is 0 Å². The molecule has 1 N–H and O–H groups in total. The lowest BCUT2D eigenvalue weighted by molar-refractivity contribution is -0.385.